The van der Waals surface area contributed by atoms with Gasteiger partial charge in [-0.25, -0.2) is 9.37 Å². The van der Waals surface area contributed by atoms with E-state index in [4.69, 9.17) is 11.6 Å². The van der Waals surface area contributed by atoms with Crippen molar-refractivity contribution in [1.29, 1.82) is 0 Å². The van der Waals surface area contributed by atoms with E-state index in [9.17, 15) is 4.39 Å². The van der Waals surface area contributed by atoms with Crippen LogP contribution in [0.4, 0.5) is 4.39 Å². The summed E-state index contributed by atoms with van der Waals surface area (Å²) < 4.78 is 12.7. The van der Waals surface area contributed by atoms with E-state index in [0.29, 0.717) is 11.6 Å². The minimum atomic E-state index is -0.225. The van der Waals surface area contributed by atoms with Gasteiger partial charge in [-0.2, -0.15) is 0 Å². The lowest BCUT2D eigenvalue weighted by Crippen LogP contribution is -1.85. The lowest BCUT2D eigenvalue weighted by molar-refractivity contribution is 0.628. The Balaban J connectivity index is 2.03. The minimum Gasteiger partial charge on any atom is -0.244 e. The lowest BCUT2D eigenvalue weighted by atomic mass is 10.1. The second kappa shape index (κ2) is 5.60. The molecule has 0 aliphatic carbocycles. The molecule has 86 valence electrons. The van der Waals surface area contributed by atoms with Crippen LogP contribution in [0.25, 0.3) is 6.08 Å². The molecule has 0 aliphatic rings. The number of benzene rings is 1. The van der Waals surface area contributed by atoms with E-state index in [1.54, 1.807) is 18.3 Å². The van der Waals surface area contributed by atoms with Gasteiger partial charge in [-0.15, -0.1) is 0 Å². The number of hydrogen-bond acceptors (Lipinski definition) is 1. The maximum Gasteiger partial charge on any atom is 0.132 e. The average molecular weight is 248 g/mol. The Morgan fingerprint density at radius 3 is 2.65 bits per heavy atom. The first kappa shape index (κ1) is 11.8. The van der Waals surface area contributed by atoms with E-state index in [1.807, 2.05) is 24.3 Å². The zero-order valence-corrected chi connectivity index (χ0v) is 9.86. The number of pyridine rings is 1. The third-order valence-electron chi connectivity index (χ3n) is 2.35. The first-order valence-electron chi connectivity index (χ1n) is 5.27. The number of hydrogen-bond donors (Lipinski definition) is 0. The topological polar surface area (TPSA) is 12.9 Å². The highest BCUT2D eigenvalue weighted by atomic mass is 35.5. The Morgan fingerprint density at radius 1 is 1.18 bits per heavy atom. The van der Waals surface area contributed by atoms with Gasteiger partial charge in [0.1, 0.15) is 11.0 Å². The summed E-state index contributed by atoms with van der Waals surface area (Å²) in [5.74, 6) is -0.225. The van der Waals surface area contributed by atoms with Crippen molar-refractivity contribution >= 4 is 17.7 Å². The van der Waals surface area contributed by atoms with E-state index in [1.165, 1.54) is 12.1 Å². The average Bonchev–Trinajstić information content (AvgIpc) is 2.34. The summed E-state index contributed by atoms with van der Waals surface area (Å²) in [6.45, 7) is 0. The van der Waals surface area contributed by atoms with Gasteiger partial charge in [-0.05, 0) is 35.7 Å². The molecule has 0 fully saturated rings. The molecule has 0 unspecified atom stereocenters. The molecule has 0 N–H and O–H groups in total. The van der Waals surface area contributed by atoms with Crippen LogP contribution in [0.3, 0.4) is 0 Å². The first-order valence-corrected chi connectivity index (χ1v) is 5.65. The van der Waals surface area contributed by atoms with Crippen LogP contribution in [-0.4, -0.2) is 4.98 Å². The number of nitrogens with zero attached hydrogens (tertiary/aromatic N) is 1. The molecule has 0 amide bonds. The van der Waals surface area contributed by atoms with Crippen molar-refractivity contribution in [2.24, 2.45) is 0 Å². The Morgan fingerprint density at radius 2 is 1.94 bits per heavy atom. The number of aromatic nitrogens is 1. The zero-order chi connectivity index (χ0) is 12.1. The molecule has 3 heteroatoms. The zero-order valence-electron chi connectivity index (χ0n) is 9.11. The van der Waals surface area contributed by atoms with Crippen LogP contribution in [0, 0.1) is 5.82 Å². The fourth-order valence-electron chi connectivity index (χ4n) is 1.47. The minimum absolute atomic E-state index is 0.225. The van der Waals surface area contributed by atoms with Crippen molar-refractivity contribution in [3.8, 4) is 0 Å². The van der Waals surface area contributed by atoms with Gasteiger partial charge in [-0.3, -0.25) is 0 Å². The molecule has 0 radical (unpaired) electrons. The molecule has 0 bridgehead atoms. The highest BCUT2D eigenvalue weighted by Gasteiger charge is 1.96. The van der Waals surface area contributed by atoms with E-state index in [0.717, 1.165) is 11.1 Å². The Hall–Kier alpha value is -1.67. The Labute approximate surface area is 105 Å². The highest BCUT2D eigenvalue weighted by molar-refractivity contribution is 6.30. The number of allylic oxidation sites excluding steroid dienone is 1. The van der Waals surface area contributed by atoms with E-state index < -0.39 is 0 Å². The Kier molecular flexibility index (Phi) is 3.89. The molecule has 1 aromatic heterocycles. The third-order valence-corrected chi connectivity index (χ3v) is 2.69. The maximum absolute atomic E-state index is 12.7. The van der Waals surface area contributed by atoms with E-state index >= 15 is 0 Å². The second-order valence-electron chi connectivity index (χ2n) is 3.61. The molecular weight excluding hydrogens is 237 g/mol. The molecule has 0 saturated heterocycles. The molecule has 0 aliphatic heterocycles. The molecule has 17 heavy (non-hydrogen) atoms. The quantitative estimate of drug-likeness (QED) is 0.743. The van der Waals surface area contributed by atoms with Crippen molar-refractivity contribution in [3.05, 3.63) is 70.8 Å². The second-order valence-corrected chi connectivity index (χ2v) is 3.97. The molecule has 0 atom stereocenters. The van der Waals surface area contributed by atoms with Gasteiger partial charge in [0.05, 0.1) is 0 Å². The van der Waals surface area contributed by atoms with Gasteiger partial charge in [0.2, 0.25) is 0 Å². The summed E-state index contributed by atoms with van der Waals surface area (Å²) >= 11 is 5.93. The van der Waals surface area contributed by atoms with Gasteiger partial charge < -0.3 is 0 Å². The normalized spacial score (nSPS) is 10.9. The number of rotatable bonds is 3. The summed E-state index contributed by atoms with van der Waals surface area (Å²) in [5, 5.41) is 0.524. The lowest BCUT2D eigenvalue weighted by Gasteiger charge is -1.98. The molecule has 0 spiro atoms. The SMILES string of the molecule is Fc1ccc(C=CCc2cccnc2Cl)cc1. The predicted octanol–water partition coefficient (Wildman–Crippen LogP) is 4.13. The number of halogens is 2. The highest BCUT2D eigenvalue weighted by Crippen LogP contribution is 2.13. The summed E-state index contributed by atoms with van der Waals surface area (Å²) in [7, 11) is 0. The molecular formula is C14H11ClFN. The Bertz CT molecular complexity index is 520. The summed E-state index contributed by atoms with van der Waals surface area (Å²) in [6, 6.07) is 10.1. The van der Waals surface area contributed by atoms with E-state index in [-0.39, 0.29) is 5.82 Å². The molecule has 2 aromatic rings. The molecule has 1 heterocycles. The van der Waals surface area contributed by atoms with Crippen molar-refractivity contribution < 1.29 is 4.39 Å². The van der Waals surface area contributed by atoms with Crippen LogP contribution >= 0.6 is 11.6 Å². The van der Waals surface area contributed by atoms with Gasteiger partial charge in [0.15, 0.2) is 0 Å². The summed E-state index contributed by atoms with van der Waals surface area (Å²) in [4.78, 5) is 4.00. The predicted molar refractivity (Wildman–Crippen MR) is 68.4 cm³/mol. The van der Waals surface area contributed by atoms with Gasteiger partial charge in [0.25, 0.3) is 0 Å². The summed E-state index contributed by atoms with van der Waals surface area (Å²) in [6.07, 6.45) is 6.29. The van der Waals surface area contributed by atoms with Crippen molar-refractivity contribution in [1.82, 2.24) is 4.98 Å². The van der Waals surface area contributed by atoms with Crippen molar-refractivity contribution in [3.63, 3.8) is 0 Å². The van der Waals surface area contributed by atoms with Gasteiger partial charge in [0, 0.05) is 6.20 Å². The maximum atomic E-state index is 12.7. The van der Waals surface area contributed by atoms with Crippen LogP contribution in [0.1, 0.15) is 11.1 Å². The third kappa shape index (κ3) is 3.40. The molecule has 1 nitrogen and oxygen atoms in total. The van der Waals surface area contributed by atoms with Gasteiger partial charge in [-0.1, -0.05) is 42.0 Å². The molecule has 1 aromatic carbocycles. The van der Waals surface area contributed by atoms with Crippen LogP contribution in [0.15, 0.2) is 48.7 Å². The van der Waals surface area contributed by atoms with Crippen molar-refractivity contribution in [2.75, 3.05) is 0 Å². The standard InChI is InChI=1S/C14H11ClFN/c15-14-12(5-2-10-17-14)4-1-3-11-6-8-13(16)9-7-11/h1-3,5-10H,4H2. The smallest absolute Gasteiger partial charge is 0.132 e. The molecule has 2 rings (SSSR count). The van der Waals surface area contributed by atoms with Crippen LogP contribution in [0.2, 0.25) is 5.15 Å². The van der Waals surface area contributed by atoms with Crippen LogP contribution in [0.5, 0.6) is 0 Å². The van der Waals surface area contributed by atoms with E-state index in [2.05, 4.69) is 4.98 Å². The largest absolute Gasteiger partial charge is 0.244 e. The summed E-state index contributed by atoms with van der Waals surface area (Å²) in [5.41, 5.74) is 1.94. The molecule has 0 saturated carbocycles. The van der Waals surface area contributed by atoms with Crippen molar-refractivity contribution in [2.45, 2.75) is 6.42 Å². The fraction of sp³-hybridized carbons (Fsp3) is 0.0714. The first-order chi connectivity index (χ1) is 8.25. The monoisotopic (exact) mass is 247 g/mol. The van der Waals surface area contributed by atoms with Gasteiger partial charge >= 0.3 is 0 Å². The van der Waals surface area contributed by atoms with Crippen LogP contribution < -0.4 is 0 Å². The fourth-order valence-corrected chi connectivity index (χ4v) is 1.66. The van der Waals surface area contributed by atoms with Crippen LogP contribution in [-0.2, 0) is 6.42 Å².